The molecule has 136 valence electrons. The van der Waals surface area contributed by atoms with Gasteiger partial charge in [0.15, 0.2) is 23.3 Å². The Morgan fingerprint density at radius 2 is 1.46 bits per heavy atom. The molecule has 7 heteroatoms. The van der Waals surface area contributed by atoms with Gasteiger partial charge in [0.1, 0.15) is 0 Å². The first-order chi connectivity index (χ1) is 11.1. The fourth-order valence-corrected chi connectivity index (χ4v) is 3.98. The molecule has 0 radical (unpaired) electrons. The average molecular weight is 367 g/mol. The lowest BCUT2D eigenvalue weighted by molar-refractivity contribution is 0.0962. The van der Waals surface area contributed by atoms with Crippen molar-refractivity contribution in [3.05, 3.63) is 34.9 Å². The average Bonchev–Trinajstić information content (AvgIpc) is 2.58. The van der Waals surface area contributed by atoms with E-state index in [1.165, 1.54) is 0 Å². The number of piperazine rings is 1. The standard InChI is InChI=1S/C17H22F4N2.ClH/c18-12-10-13(19)16(21)14(15(12)20)17(11-4-2-1-3-5-11)23-8-6-22-7-9-23;/h10-11,17,22H,1-9H2;1H/t17-;/m1./s1. The summed E-state index contributed by atoms with van der Waals surface area (Å²) in [7, 11) is 0. The molecule has 2 nitrogen and oxygen atoms in total. The molecule has 0 spiro atoms. The summed E-state index contributed by atoms with van der Waals surface area (Å²) in [4.78, 5) is 1.98. The van der Waals surface area contributed by atoms with Gasteiger partial charge in [-0.2, -0.15) is 0 Å². The molecule has 1 saturated heterocycles. The van der Waals surface area contributed by atoms with E-state index in [4.69, 9.17) is 0 Å². The van der Waals surface area contributed by atoms with E-state index in [0.717, 1.165) is 32.1 Å². The fourth-order valence-electron chi connectivity index (χ4n) is 3.98. The van der Waals surface area contributed by atoms with Gasteiger partial charge in [-0.15, -0.1) is 12.4 Å². The molecule has 0 unspecified atom stereocenters. The van der Waals surface area contributed by atoms with Crippen molar-refractivity contribution in [3.8, 4) is 0 Å². The lowest BCUT2D eigenvalue weighted by Crippen LogP contribution is -2.47. The second kappa shape index (κ2) is 8.50. The van der Waals surface area contributed by atoms with E-state index >= 15 is 0 Å². The molecule has 0 bridgehead atoms. The third-order valence-electron chi connectivity index (χ3n) is 5.08. The minimum absolute atomic E-state index is 0. The lowest BCUT2D eigenvalue weighted by Gasteiger charge is -2.41. The highest BCUT2D eigenvalue weighted by molar-refractivity contribution is 5.85. The first-order valence-electron chi connectivity index (χ1n) is 8.37. The van der Waals surface area contributed by atoms with Crippen LogP contribution in [0.25, 0.3) is 0 Å². The van der Waals surface area contributed by atoms with Crippen LogP contribution >= 0.6 is 12.4 Å². The Balaban J connectivity index is 0.00000208. The van der Waals surface area contributed by atoms with Crippen molar-refractivity contribution in [3.63, 3.8) is 0 Å². The van der Waals surface area contributed by atoms with Crippen molar-refractivity contribution >= 4 is 12.4 Å². The van der Waals surface area contributed by atoms with Crippen LogP contribution in [0.1, 0.15) is 43.7 Å². The van der Waals surface area contributed by atoms with Gasteiger partial charge in [-0.05, 0) is 18.8 Å². The summed E-state index contributed by atoms with van der Waals surface area (Å²) in [5.74, 6) is -5.06. The van der Waals surface area contributed by atoms with Gasteiger partial charge in [-0.1, -0.05) is 19.3 Å². The zero-order valence-corrected chi connectivity index (χ0v) is 14.3. The second-order valence-corrected chi connectivity index (χ2v) is 6.51. The predicted molar refractivity (Wildman–Crippen MR) is 87.3 cm³/mol. The van der Waals surface area contributed by atoms with E-state index in [0.29, 0.717) is 32.2 Å². The van der Waals surface area contributed by atoms with Crippen LogP contribution in [0, 0.1) is 29.2 Å². The SMILES string of the molecule is Cl.Fc1cc(F)c(F)c([C@@H](C2CCCCC2)N2CCNCC2)c1F. The summed E-state index contributed by atoms with van der Waals surface area (Å²) in [6.45, 7) is 2.67. The third-order valence-corrected chi connectivity index (χ3v) is 5.08. The second-order valence-electron chi connectivity index (χ2n) is 6.51. The zero-order chi connectivity index (χ0) is 16.4. The van der Waals surface area contributed by atoms with Crippen LogP contribution in [0.5, 0.6) is 0 Å². The molecule has 1 aliphatic heterocycles. The molecule has 0 aromatic heterocycles. The van der Waals surface area contributed by atoms with Crippen LogP contribution in [0.2, 0.25) is 0 Å². The van der Waals surface area contributed by atoms with Crippen molar-refractivity contribution in [1.82, 2.24) is 10.2 Å². The van der Waals surface area contributed by atoms with Crippen LogP contribution in [0.3, 0.4) is 0 Å². The molecular weight excluding hydrogens is 344 g/mol. The summed E-state index contributed by atoms with van der Waals surface area (Å²) < 4.78 is 56.2. The van der Waals surface area contributed by atoms with Crippen LogP contribution < -0.4 is 5.32 Å². The molecule has 1 atom stereocenters. The van der Waals surface area contributed by atoms with E-state index < -0.39 is 34.9 Å². The first kappa shape index (κ1) is 19.5. The van der Waals surface area contributed by atoms with Gasteiger partial charge < -0.3 is 5.32 Å². The zero-order valence-electron chi connectivity index (χ0n) is 13.5. The number of nitrogens with zero attached hydrogens (tertiary/aromatic N) is 1. The van der Waals surface area contributed by atoms with Crippen molar-refractivity contribution in [2.75, 3.05) is 26.2 Å². The summed E-state index contributed by atoms with van der Waals surface area (Å²) in [5.41, 5.74) is -0.420. The minimum Gasteiger partial charge on any atom is -0.314 e. The molecule has 1 heterocycles. The Bertz CT molecular complexity index is 514. The van der Waals surface area contributed by atoms with Gasteiger partial charge in [0, 0.05) is 43.9 Å². The van der Waals surface area contributed by atoms with Crippen molar-refractivity contribution in [2.24, 2.45) is 5.92 Å². The van der Waals surface area contributed by atoms with Crippen LogP contribution in [-0.4, -0.2) is 31.1 Å². The molecule has 1 aromatic rings. The molecule has 2 fully saturated rings. The van der Waals surface area contributed by atoms with Gasteiger partial charge in [-0.3, -0.25) is 4.90 Å². The van der Waals surface area contributed by atoms with Gasteiger partial charge in [0.05, 0.1) is 0 Å². The van der Waals surface area contributed by atoms with Gasteiger partial charge in [0.2, 0.25) is 0 Å². The summed E-state index contributed by atoms with van der Waals surface area (Å²) in [6, 6.07) is -0.299. The molecule has 1 aliphatic carbocycles. The lowest BCUT2D eigenvalue weighted by atomic mass is 9.79. The number of nitrogens with one attached hydrogen (secondary N) is 1. The summed E-state index contributed by atoms with van der Waals surface area (Å²) in [5, 5.41) is 3.20. The van der Waals surface area contributed by atoms with E-state index in [-0.39, 0.29) is 18.3 Å². The number of rotatable bonds is 3. The number of halogens is 5. The van der Waals surface area contributed by atoms with E-state index in [2.05, 4.69) is 5.32 Å². The maximum atomic E-state index is 14.4. The number of hydrogen-bond donors (Lipinski definition) is 1. The highest BCUT2D eigenvalue weighted by Gasteiger charge is 2.36. The molecule has 1 N–H and O–H groups in total. The number of benzene rings is 1. The first-order valence-corrected chi connectivity index (χ1v) is 8.37. The van der Waals surface area contributed by atoms with Crippen LogP contribution in [0.4, 0.5) is 17.6 Å². The third kappa shape index (κ3) is 3.86. The quantitative estimate of drug-likeness (QED) is 0.637. The predicted octanol–water partition coefficient (Wildman–Crippen LogP) is 4.19. The summed E-state index contributed by atoms with van der Waals surface area (Å²) >= 11 is 0. The number of hydrogen-bond acceptors (Lipinski definition) is 2. The maximum Gasteiger partial charge on any atom is 0.166 e. The van der Waals surface area contributed by atoms with Gasteiger partial charge in [-0.25, -0.2) is 17.6 Å². The Morgan fingerprint density at radius 3 is 2.00 bits per heavy atom. The normalized spacial score (nSPS) is 21.3. The molecule has 2 aliphatic rings. The smallest absolute Gasteiger partial charge is 0.166 e. The van der Waals surface area contributed by atoms with Crippen LogP contribution in [0.15, 0.2) is 6.07 Å². The summed E-state index contributed by atoms with van der Waals surface area (Å²) in [6.07, 6.45) is 4.77. The Hall–Kier alpha value is -0.850. The van der Waals surface area contributed by atoms with Gasteiger partial charge >= 0.3 is 0 Å². The molecule has 1 aromatic carbocycles. The molecule has 24 heavy (non-hydrogen) atoms. The monoisotopic (exact) mass is 366 g/mol. The molecule has 3 rings (SSSR count). The topological polar surface area (TPSA) is 15.3 Å². The maximum absolute atomic E-state index is 14.4. The van der Waals surface area contributed by atoms with Crippen molar-refractivity contribution in [2.45, 2.75) is 38.1 Å². The highest BCUT2D eigenvalue weighted by atomic mass is 35.5. The largest absolute Gasteiger partial charge is 0.314 e. The van der Waals surface area contributed by atoms with Crippen molar-refractivity contribution in [1.29, 1.82) is 0 Å². The van der Waals surface area contributed by atoms with E-state index in [1.807, 2.05) is 4.90 Å². The van der Waals surface area contributed by atoms with Crippen LogP contribution in [-0.2, 0) is 0 Å². The Morgan fingerprint density at radius 1 is 0.917 bits per heavy atom. The molecular formula is C17H23ClF4N2. The highest BCUT2D eigenvalue weighted by Crippen LogP contribution is 2.41. The minimum atomic E-state index is -1.31. The van der Waals surface area contributed by atoms with E-state index in [1.54, 1.807) is 0 Å². The molecule has 0 amide bonds. The molecule has 1 saturated carbocycles. The van der Waals surface area contributed by atoms with E-state index in [9.17, 15) is 17.6 Å². The Kier molecular flexibility index (Phi) is 6.89. The Labute approximate surface area is 146 Å². The van der Waals surface area contributed by atoms with Gasteiger partial charge in [0.25, 0.3) is 0 Å². The van der Waals surface area contributed by atoms with Crippen molar-refractivity contribution < 1.29 is 17.6 Å². The fraction of sp³-hybridized carbons (Fsp3) is 0.647.